The van der Waals surface area contributed by atoms with Gasteiger partial charge in [-0.2, -0.15) is 0 Å². The molecule has 0 aliphatic rings. The molecule has 0 unspecified atom stereocenters. The van der Waals surface area contributed by atoms with Crippen molar-refractivity contribution in [1.82, 2.24) is 4.98 Å². The molecule has 19 heavy (non-hydrogen) atoms. The van der Waals surface area contributed by atoms with Crippen LogP contribution in [0.2, 0.25) is 0 Å². The zero-order chi connectivity index (χ0) is 14.3. The number of aryl methyl sites for hydroxylation is 1. The van der Waals surface area contributed by atoms with Crippen LogP contribution in [0.15, 0.2) is 12.1 Å². The highest BCUT2D eigenvalue weighted by molar-refractivity contribution is 7.80. The topological polar surface area (TPSA) is 60.2 Å². The van der Waals surface area contributed by atoms with Crippen molar-refractivity contribution in [2.45, 2.75) is 39.7 Å². The van der Waals surface area contributed by atoms with E-state index in [1.165, 1.54) is 0 Å². The molecule has 1 aromatic rings. The lowest BCUT2D eigenvalue weighted by molar-refractivity contribution is 0.0765. The van der Waals surface area contributed by atoms with Crippen LogP contribution in [0.5, 0.6) is 0 Å². The fourth-order valence-electron chi connectivity index (χ4n) is 1.66. The number of aromatic nitrogens is 1. The van der Waals surface area contributed by atoms with E-state index in [4.69, 9.17) is 22.7 Å². The smallest absolute Gasteiger partial charge is 0.126 e. The highest BCUT2D eigenvalue weighted by atomic mass is 32.1. The van der Waals surface area contributed by atoms with Crippen LogP contribution in [0.1, 0.15) is 37.9 Å². The van der Waals surface area contributed by atoms with E-state index in [1.807, 2.05) is 32.9 Å². The SMILES string of the molecule is Cc1cc(C(N)=S)cc(NCCCCOC(C)C)n1. The first-order valence-corrected chi connectivity index (χ1v) is 7.04. The van der Waals surface area contributed by atoms with Crippen LogP contribution in [-0.4, -0.2) is 29.2 Å². The van der Waals surface area contributed by atoms with Gasteiger partial charge in [0.1, 0.15) is 10.8 Å². The molecule has 0 radical (unpaired) electrons. The molecule has 0 atom stereocenters. The van der Waals surface area contributed by atoms with E-state index in [2.05, 4.69) is 10.3 Å². The van der Waals surface area contributed by atoms with E-state index in [0.29, 0.717) is 11.1 Å². The van der Waals surface area contributed by atoms with Gasteiger partial charge in [0.15, 0.2) is 0 Å². The minimum Gasteiger partial charge on any atom is -0.389 e. The Morgan fingerprint density at radius 2 is 2.16 bits per heavy atom. The molecule has 1 heterocycles. The lowest BCUT2D eigenvalue weighted by Gasteiger charge is -2.09. The monoisotopic (exact) mass is 281 g/mol. The molecule has 0 saturated heterocycles. The number of anilines is 1. The molecule has 0 aliphatic carbocycles. The van der Waals surface area contributed by atoms with Crippen molar-refractivity contribution >= 4 is 23.0 Å². The third-order valence-corrected chi connectivity index (χ3v) is 2.80. The zero-order valence-electron chi connectivity index (χ0n) is 11.9. The molecule has 0 aliphatic heterocycles. The van der Waals surface area contributed by atoms with Gasteiger partial charge < -0.3 is 15.8 Å². The molecule has 0 aromatic carbocycles. The summed E-state index contributed by atoms with van der Waals surface area (Å²) >= 11 is 4.98. The first-order valence-electron chi connectivity index (χ1n) is 6.63. The third kappa shape index (κ3) is 6.50. The van der Waals surface area contributed by atoms with Gasteiger partial charge in [-0.3, -0.25) is 0 Å². The Bertz CT molecular complexity index is 421. The number of nitrogens with two attached hydrogens (primary N) is 1. The maximum absolute atomic E-state index is 5.63. The molecular formula is C14H23N3OS. The second-order valence-electron chi connectivity index (χ2n) is 4.80. The summed E-state index contributed by atoms with van der Waals surface area (Å²) < 4.78 is 5.49. The number of nitrogens with zero attached hydrogens (tertiary/aromatic N) is 1. The van der Waals surface area contributed by atoms with E-state index in [0.717, 1.165) is 43.1 Å². The standard InChI is InChI=1S/C14H23N3OS/c1-10(2)18-7-5-4-6-16-13-9-12(14(15)19)8-11(3)17-13/h8-10H,4-7H2,1-3H3,(H2,15,19)(H,16,17). The highest BCUT2D eigenvalue weighted by Crippen LogP contribution is 2.10. The summed E-state index contributed by atoms with van der Waals surface area (Å²) in [6.45, 7) is 7.70. The summed E-state index contributed by atoms with van der Waals surface area (Å²) in [7, 11) is 0. The van der Waals surface area contributed by atoms with E-state index in [1.54, 1.807) is 0 Å². The normalized spacial score (nSPS) is 10.7. The fourth-order valence-corrected chi connectivity index (χ4v) is 1.78. The largest absolute Gasteiger partial charge is 0.389 e. The van der Waals surface area contributed by atoms with Gasteiger partial charge in [-0.25, -0.2) is 4.98 Å². The Hall–Kier alpha value is -1.20. The van der Waals surface area contributed by atoms with E-state index >= 15 is 0 Å². The number of nitrogens with one attached hydrogen (secondary N) is 1. The van der Waals surface area contributed by atoms with Crippen LogP contribution < -0.4 is 11.1 Å². The van der Waals surface area contributed by atoms with Crippen molar-refractivity contribution in [3.8, 4) is 0 Å². The van der Waals surface area contributed by atoms with Crippen LogP contribution in [-0.2, 0) is 4.74 Å². The van der Waals surface area contributed by atoms with Crippen molar-refractivity contribution in [2.75, 3.05) is 18.5 Å². The summed E-state index contributed by atoms with van der Waals surface area (Å²) in [4.78, 5) is 4.81. The predicted octanol–water partition coefficient (Wildman–Crippen LogP) is 2.64. The quantitative estimate of drug-likeness (QED) is 0.566. The maximum atomic E-state index is 5.63. The molecule has 5 heteroatoms. The van der Waals surface area contributed by atoms with Gasteiger partial charge in [0.05, 0.1) is 6.10 Å². The number of thiocarbonyl (C=S) groups is 1. The number of rotatable bonds is 8. The fraction of sp³-hybridized carbons (Fsp3) is 0.571. The van der Waals surface area contributed by atoms with Gasteiger partial charge in [0.2, 0.25) is 0 Å². The van der Waals surface area contributed by atoms with Gasteiger partial charge in [-0.15, -0.1) is 0 Å². The van der Waals surface area contributed by atoms with Crippen LogP contribution >= 0.6 is 12.2 Å². The summed E-state index contributed by atoms with van der Waals surface area (Å²) in [5, 5.41) is 3.29. The van der Waals surface area contributed by atoms with E-state index in [-0.39, 0.29) is 0 Å². The Balaban J connectivity index is 2.35. The molecule has 4 nitrogen and oxygen atoms in total. The Kier molecular flexibility index (Phi) is 6.73. The summed E-state index contributed by atoms with van der Waals surface area (Å²) in [6, 6.07) is 3.78. The Morgan fingerprint density at radius 1 is 1.42 bits per heavy atom. The first kappa shape index (κ1) is 15.9. The van der Waals surface area contributed by atoms with Crippen LogP contribution in [0.25, 0.3) is 0 Å². The maximum Gasteiger partial charge on any atom is 0.126 e. The van der Waals surface area contributed by atoms with Crippen molar-refractivity contribution in [3.05, 3.63) is 23.4 Å². The summed E-state index contributed by atoms with van der Waals surface area (Å²) in [5.41, 5.74) is 7.40. The average molecular weight is 281 g/mol. The molecule has 0 bridgehead atoms. The van der Waals surface area contributed by atoms with Gasteiger partial charge in [0, 0.05) is 24.4 Å². The van der Waals surface area contributed by atoms with Crippen molar-refractivity contribution in [1.29, 1.82) is 0 Å². The molecule has 106 valence electrons. The van der Waals surface area contributed by atoms with E-state index < -0.39 is 0 Å². The summed E-state index contributed by atoms with van der Waals surface area (Å²) in [6.07, 6.45) is 2.39. The second-order valence-corrected chi connectivity index (χ2v) is 5.24. The van der Waals surface area contributed by atoms with Crippen LogP contribution in [0.4, 0.5) is 5.82 Å². The van der Waals surface area contributed by atoms with E-state index in [9.17, 15) is 0 Å². The van der Waals surface area contributed by atoms with Gasteiger partial charge in [-0.05, 0) is 45.7 Å². The number of ether oxygens (including phenoxy) is 1. The minimum absolute atomic E-state index is 0.305. The van der Waals surface area contributed by atoms with Crippen molar-refractivity contribution < 1.29 is 4.74 Å². The molecule has 1 rings (SSSR count). The molecular weight excluding hydrogens is 258 g/mol. The minimum atomic E-state index is 0.305. The van der Waals surface area contributed by atoms with Gasteiger partial charge in [0.25, 0.3) is 0 Å². The second kappa shape index (κ2) is 8.07. The molecule has 1 aromatic heterocycles. The molecule has 0 amide bonds. The van der Waals surface area contributed by atoms with Crippen molar-refractivity contribution in [2.24, 2.45) is 5.73 Å². The average Bonchev–Trinajstić information content (AvgIpc) is 2.32. The van der Waals surface area contributed by atoms with Crippen molar-refractivity contribution in [3.63, 3.8) is 0 Å². The first-order chi connectivity index (χ1) is 8.99. The van der Waals surface area contributed by atoms with Crippen LogP contribution in [0, 0.1) is 6.92 Å². The Morgan fingerprint density at radius 3 is 2.79 bits per heavy atom. The zero-order valence-corrected chi connectivity index (χ0v) is 12.7. The number of unbranched alkanes of at least 4 members (excludes halogenated alkanes) is 1. The molecule has 0 fully saturated rings. The molecule has 3 N–H and O–H groups in total. The predicted molar refractivity (Wildman–Crippen MR) is 83.7 cm³/mol. The number of pyridine rings is 1. The molecule has 0 saturated carbocycles. The van der Waals surface area contributed by atoms with Gasteiger partial charge >= 0.3 is 0 Å². The molecule has 0 spiro atoms. The van der Waals surface area contributed by atoms with Crippen LogP contribution in [0.3, 0.4) is 0 Å². The third-order valence-electron chi connectivity index (χ3n) is 2.57. The lowest BCUT2D eigenvalue weighted by atomic mass is 10.2. The highest BCUT2D eigenvalue weighted by Gasteiger charge is 2.02. The number of hydrogen-bond donors (Lipinski definition) is 2. The Labute approximate surface area is 120 Å². The number of hydrogen-bond acceptors (Lipinski definition) is 4. The van der Waals surface area contributed by atoms with Gasteiger partial charge in [-0.1, -0.05) is 12.2 Å². The lowest BCUT2D eigenvalue weighted by Crippen LogP contribution is -2.12. The summed E-state index contributed by atoms with van der Waals surface area (Å²) in [5.74, 6) is 0.826.